The molecule has 0 spiro atoms. The van der Waals surface area contributed by atoms with E-state index in [9.17, 15) is 0 Å². The second kappa shape index (κ2) is 9.95. The number of hydrogen-bond acceptors (Lipinski definition) is 1. The maximum atomic E-state index is 5.71. The molecule has 0 bridgehead atoms. The summed E-state index contributed by atoms with van der Waals surface area (Å²) in [6.45, 7) is 6.23. The van der Waals surface area contributed by atoms with Crippen LogP contribution in [0.25, 0.3) is 0 Å². The molecule has 1 rings (SSSR count). The summed E-state index contributed by atoms with van der Waals surface area (Å²) >= 11 is 7.14. The summed E-state index contributed by atoms with van der Waals surface area (Å²) in [7, 11) is 0. The Kier molecular flexibility index (Phi) is 9.01. The van der Waals surface area contributed by atoms with Gasteiger partial charge in [-0.2, -0.15) is 0 Å². The SMILES string of the molecule is CC(C)CCOCCC(CBr)Cc1cccc(Br)c1. The minimum Gasteiger partial charge on any atom is -0.381 e. The molecular formula is C16H24Br2O. The first-order valence-electron chi connectivity index (χ1n) is 7.00. The third kappa shape index (κ3) is 8.11. The second-order valence-electron chi connectivity index (χ2n) is 5.44. The molecule has 0 radical (unpaired) electrons. The van der Waals surface area contributed by atoms with E-state index in [0.717, 1.165) is 48.2 Å². The van der Waals surface area contributed by atoms with Crippen molar-refractivity contribution in [3.8, 4) is 0 Å². The van der Waals surface area contributed by atoms with Crippen molar-refractivity contribution < 1.29 is 4.74 Å². The lowest BCUT2D eigenvalue weighted by atomic mass is 9.98. The molecule has 1 nitrogen and oxygen atoms in total. The third-order valence-electron chi connectivity index (χ3n) is 3.14. The van der Waals surface area contributed by atoms with Crippen LogP contribution in [0.2, 0.25) is 0 Å². The zero-order valence-electron chi connectivity index (χ0n) is 11.9. The van der Waals surface area contributed by atoms with Gasteiger partial charge in [0.2, 0.25) is 0 Å². The molecule has 0 aliphatic heterocycles. The van der Waals surface area contributed by atoms with Gasteiger partial charge in [-0.05, 0) is 48.8 Å². The normalized spacial score (nSPS) is 12.9. The van der Waals surface area contributed by atoms with Crippen molar-refractivity contribution in [2.24, 2.45) is 11.8 Å². The summed E-state index contributed by atoms with van der Waals surface area (Å²) in [5.74, 6) is 1.38. The summed E-state index contributed by atoms with van der Waals surface area (Å²) in [6, 6.07) is 8.57. The minimum absolute atomic E-state index is 0.647. The molecule has 0 heterocycles. The summed E-state index contributed by atoms with van der Waals surface area (Å²) in [6.07, 6.45) is 3.39. The number of halogens is 2. The zero-order valence-corrected chi connectivity index (χ0v) is 15.0. The highest BCUT2D eigenvalue weighted by atomic mass is 79.9. The van der Waals surface area contributed by atoms with Crippen molar-refractivity contribution in [3.63, 3.8) is 0 Å². The summed E-state index contributed by atoms with van der Waals surface area (Å²) in [5, 5.41) is 1.03. The van der Waals surface area contributed by atoms with Crippen LogP contribution in [0.15, 0.2) is 28.7 Å². The highest BCUT2D eigenvalue weighted by Crippen LogP contribution is 2.18. The van der Waals surface area contributed by atoms with Crippen LogP contribution < -0.4 is 0 Å². The number of hydrogen-bond donors (Lipinski definition) is 0. The van der Waals surface area contributed by atoms with Gasteiger partial charge in [0, 0.05) is 23.0 Å². The van der Waals surface area contributed by atoms with Crippen LogP contribution in [0, 0.1) is 11.8 Å². The number of rotatable bonds is 9. The van der Waals surface area contributed by atoms with E-state index < -0.39 is 0 Å². The van der Waals surface area contributed by atoms with E-state index in [2.05, 4.69) is 70.0 Å². The summed E-state index contributed by atoms with van der Waals surface area (Å²) in [5.41, 5.74) is 1.39. The molecule has 1 unspecified atom stereocenters. The molecule has 1 atom stereocenters. The van der Waals surface area contributed by atoms with Gasteiger partial charge in [-0.15, -0.1) is 0 Å². The lowest BCUT2D eigenvalue weighted by molar-refractivity contribution is 0.113. The summed E-state index contributed by atoms with van der Waals surface area (Å²) in [4.78, 5) is 0. The van der Waals surface area contributed by atoms with Crippen LogP contribution in [-0.2, 0) is 11.2 Å². The fourth-order valence-corrected chi connectivity index (χ4v) is 2.90. The van der Waals surface area contributed by atoms with Gasteiger partial charge >= 0.3 is 0 Å². The first-order valence-corrected chi connectivity index (χ1v) is 8.91. The van der Waals surface area contributed by atoms with Crippen molar-refractivity contribution in [2.45, 2.75) is 33.1 Å². The molecular weight excluding hydrogens is 368 g/mol. The van der Waals surface area contributed by atoms with Gasteiger partial charge in [0.25, 0.3) is 0 Å². The highest BCUT2D eigenvalue weighted by Gasteiger charge is 2.08. The molecule has 1 aromatic carbocycles. The van der Waals surface area contributed by atoms with Crippen LogP contribution in [0.3, 0.4) is 0 Å². The molecule has 19 heavy (non-hydrogen) atoms. The standard InChI is InChI=1S/C16H24Br2O/c1-13(2)6-8-19-9-7-15(12-17)10-14-4-3-5-16(18)11-14/h3-5,11,13,15H,6-10,12H2,1-2H3. The Hall–Kier alpha value is 0.140. The fraction of sp³-hybridized carbons (Fsp3) is 0.625. The van der Waals surface area contributed by atoms with Gasteiger partial charge in [-0.1, -0.05) is 57.8 Å². The summed E-state index contributed by atoms with van der Waals surface area (Å²) < 4.78 is 6.87. The van der Waals surface area contributed by atoms with E-state index in [1.807, 2.05) is 0 Å². The molecule has 3 heteroatoms. The Morgan fingerprint density at radius 1 is 1.16 bits per heavy atom. The molecule has 0 saturated heterocycles. The van der Waals surface area contributed by atoms with Crippen LogP contribution in [0.1, 0.15) is 32.3 Å². The lowest BCUT2D eigenvalue weighted by Crippen LogP contribution is -2.11. The average Bonchev–Trinajstić information content (AvgIpc) is 2.36. The van der Waals surface area contributed by atoms with Crippen molar-refractivity contribution in [1.82, 2.24) is 0 Å². The van der Waals surface area contributed by atoms with E-state index in [-0.39, 0.29) is 0 Å². The van der Waals surface area contributed by atoms with E-state index in [1.165, 1.54) is 5.56 Å². The second-order valence-corrected chi connectivity index (χ2v) is 7.00. The van der Waals surface area contributed by atoms with Crippen molar-refractivity contribution in [1.29, 1.82) is 0 Å². The first kappa shape index (κ1) is 17.2. The van der Waals surface area contributed by atoms with Gasteiger partial charge < -0.3 is 4.74 Å². The maximum Gasteiger partial charge on any atom is 0.0469 e. The molecule has 0 saturated carbocycles. The van der Waals surface area contributed by atoms with Crippen molar-refractivity contribution >= 4 is 31.9 Å². The van der Waals surface area contributed by atoms with Gasteiger partial charge in [0.1, 0.15) is 0 Å². The quantitative estimate of drug-likeness (QED) is 0.401. The van der Waals surface area contributed by atoms with E-state index in [4.69, 9.17) is 4.74 Å². The number of benzene rings is 1. The van der Waals surface area contributed by atoms with Crippen LogP contribution in [0.5, 0.6) is 0 Å². The largest absolute Gasteiger partial charge is 0.381 e. The predicted octanol–water partition coefficient (Wildman–Crippen LogP) is 5.46. The Bertz CT molecular complexity index is 352. The Balaban J connectivity index is 2.26. The van der Waals surface area contributed by atoms with Crippen molar-refractivity contribution in [2.75, 3.05) is 18.5 Å². The highest BCUT2D eigenvalue weighted by molar-refractivity contribution is 9.10. The van der Waals surface area contributed by atoms with Gasteiger partial charge in [0.15, 0.2) is 0 Å². The average molecular weight is 392 g/mol. The molecule has 0 fully saturated rings. The lowest BCUT2D eigenvalue weighted by Gasteiger charge is -2.15. The molecule has 1 aromatic rings. The zero-order chi connectivity index (χ0) is 14.1. The third-order valence-corrected chi connectivity index (χ3v) is 4.55. The van der Waals surface area contributed by atoms with E-state index in [0.29, 0.717) is 5.92 Å². The molecule has 0 amide bonds. The predicted molar refractivity (Wildman–Crippen MR) is 90.0 cm³/mol. The van der Waals surface area contributed by atoms with Crippen LogP contribution in [0.4, 0.5) is 0 Å². The van der Waals surface area contributed by atoms with Gasteiger partial charge in [-0.25, -0.2) is 0 Å². The topological polar surface area (TPSA) is 9.23 Å². The maximum absolute atomic E-state index is 5.71. The monoisotopic (exact) mass is 390 g/mol. The Morgan fingerprint density at radius 2 is 1.89 bits per heavy atom. The Morgan fingerprint density at radius 3 is 2.53 bits per heavy atom. The molecule has 0 aliphatic carbocycles. The van der Waals surface area contributed by atoms with Gasteiger partial charge in [-0.3, -0.25) is 0 Å². The first-order chi connectivity index (χ1) is 9.11. The van der Waals surface area contributed by atoms with E-state index in [1.54, 1.807) is 0 Å². The van der Waals surface area contributed by atoms with Gasteiger partial charge in [0.05, 0.1) is 0 Å². The minimum atomic E-state index is 0.647. The molecule has 0 aliphatic rings. The molecule has 108 valence electrons. The Labute approximate surface area is 134 Å². The number of ether oxygens (including phenoxy) is 1. The van der Waals surface area contributed by atoms with E-state index >= 15 is 0 Å². The van der Waals surface area contributed by atoms with Crippen LogP contribution in [-0.4, -0.2) is 18.5 Å². The smallest absolute Gasteiger partial charge is 0.0469 e. The fourth-order valence-electron chi connectivity index (χ4n) is 1.90. The molecule has 0 N–H and O–H groups in total. The molecule has 0 aromatic heterocycles. The number of alkyl halides is 1. The van der Waals surface area contributed by atoms with Crippen LogP contribution >= 0.6 is 31.9 Å². The van der Waals surface area contributed by atoms with Crippen molar-refractivity contribution in [3.05, 3.63) is 34.3 Å².